The Morgan fingerprint density at radius 1 is 1.03 bits per heavy atom. The van der Waals surface area contributed by atoms with Gasteiger partial charge in [-0.15, -0.1) is 10.1 Å². The number of carbonyl (C=O) groups excluding carboxylic acids is 2. The lowest BCUT2D eigenvalue weighted by molar-refractivity contribution is -0.596. The van der Waals surface area contributed by atoms with E-state index in [1.165, 1.54) is 0 Å². The van der Waals surface area contributed by atoms with Crippen LogP contribution in [0.15, 0.2) is 78.9 Å². The van der Waals surface area contributed by atoms with E-state index in [2.05, 4.69) is 10.7 Å². The number of benzene rings is 3. The Kier molecular flexibility index (Phi) is 6.00. The summed E-state index contributed by atoms with van der Waals surface area (Å²) < 4.78 is 6.83. The van der Waals surface area contributed by atoms with E-state index in [1.807, 2.05) is 48.5 Å². The summed E-state index contributed by atoms with van der Waals surface area (Å²) in [5.41, 5.74) is 4.92. The van der Waals surface area contributed by atoms with E-state index < -0.39 is 12.1 Å². The summed E-state index contributed by atoms with van der Waals surface area (Å²) in [7, 11) is 1.56. The molecule has 0 spiro atoms. The number of methoxy groups -OCH3 is 1. The van der Waals surface area contributed by atoms with Gasteiger partial charge in [-0.1, -0.05) is 54.1 Å². The first-order valence-electron chi connectivity index (χ1n) is 9.75. The van der Waals surface area contributed by atoms with Crippen molar-refractivity contribution in [3.8, 4) is 5.75 Å². The number of amides is 2. The minimum absolute atomic E-state index is 0.306. The highest BCUT2D eigenvalue weighted by Crippen LogP contribution is 2.26. The molecule has 2 N–H and O–H groups in total. The molecule has 1 fully saturated rings. The highest BCUT2D eigenvalue weighted by molar-refractivity contribution is 6.32. The first kappa shape index (κ1) is 20.6. The van der Waals surface area contributed by atoms with Crippen LogP contribution in [0.4, 0.5) is 0 Å². The third-order valence-corrected chi connectivity index (χ3v) is 5.44. The van der Waals surface area contributed by atoms with Crippen LogP contribution < -0.4 is 15.5 Å². The largest absolute Gasteiger partial charge is 0.497 e. The lowest BCUT2D eigenvalue weighted by Gasteiger charge is -2.15. The Bertz CT molecular complexity index is 1130. The van der Waals surface area contributed by atoms with E-state index in [-0.39, 0.29) is 11.8 Å². The highest BCUT2D eigenvalue weighted by atomic mass is 35.5. The molecule has 31 heavy (non-hydrogen) atoms. The fourth-order valence-corrected chi connectivity index (χ4v) is 3.71. The molecule has 156 valence electrons. The second-order valence-electron chi connectivity index (χ2n) is 7.07. The number of nitrogens with one attached hydrogen (secondary N) is 2. The van der Waals surface area contributed by atoms with Gasteiger partial charge in [-0.05, 0) is 36.4 Å². The minimum atomic E-state index is -0.796. The molecule has 7 heteroatoms. The van der Waals surface area contributed by atoms with Gasteiger partial charge in [0.05, 0.1) is 17.7 Å². The van der Waals surface area contributed by atoms with Gasteiger partial charge in [0.2, 0.25) is 12.3 Å². The van der Waals surface area contributed by atoms with Gasteiger partial charge in [-0.25, -0.2) is 0 Å². The molecule has 0 bridgehead atoms. The molecule has 0 aliphatic carbocycles. The van der Waals surface area contributed by atoms with E-state index in [4.69, 9.17) is 16.3 Å². The Morgan fingerprint density at radius 3 is 2.39 bits per heavy atom. The van der Waals surface area contributed by atoms with E-state index in [0.29, 0.717) is 16.3 Å². The maximum absolute atomic E-state index is 12.9. The molecule has 4 rings (SSSR count). The average molecular weight is 435 g/mol. The minimum Gasteiger partial charge on any atom is -0.497 e. The van der Waals surface area contributed by atoms with Gasteiger partial charge in [-0.3, -0.25) is 9.59 Å². The summed E-state index contributed by atoms with van der Waals surface area (Å²) in [6.45, 7) is 0. The fraction of sp³-hybridized carbons (Fsp3) is 0.125. The first-order valence-corrected chi connectivity index (χ1v) is 10.1. The average Bonchev–Trinajstić information content (AvgIpc) is 3.10. The highest BCUT2D eigenvalue weighted by Gasteiger charge is 2.47. The maximum atomic E-state index is 12.9. The normalized spacial score (nSPS) is 19.2. The van der Waals surface area contributed by atoms with Gasteiger partial charge in [0.1, 0.15) is 5.75 Å². The van der Waals surface area contributed by atoms with Gasteiger partial charge in [0.15, 0.2) is 6.04 Å². The van der Waals surface area contributed by atoms with Crippen molar-refractivity contribution < 1.29 is 19.0 Å². The van der Waals surface area contributed by atoms with Crippen molar-refractivity contribution in [1.82, 2.24) is 10.7 Å². The zero-order valence-electron chi connectivity index (χ0n) is 16.8. The SMILES string of the molecule is COc1ccc(C(=O)N[C@H]2C(=O)N/[N+](=C\c3ccccc3Cl)[C@@H]2c2ccccc2)cc1. The Hall–Kier alpha value is -3.64. The summed E-state index contributed by atoms with van der Waals surface area (Å²) >= 11 is 6.31. The molecular formula is C24H21ClN3O3+. The van der Waals surface area contributed by atoms with Crippen LogP contribution in [-0.2, 0) is 4.79 Å². The molecule has 0 radical (unpaired) electrons. The first-order chi connectivity index (χ1) is 15.1. The second kappa shape index (κ2) is 9.02. The number of hydrazone groups is 1. The zero-order valence-corrected chi connectivity index (χ0v) is 17.5. The molecule has 1 heterocycles. The third kappa shape index (κ3) is 4.44. The number of hydrogen-bond acceptors (Lipinski definition) is 3. The van der Waals surface area contributed by atoms with E-state index in [0.717, 1.165) is 11.1 Å². The van der Waals surface area contributed by atoms with Crippen LogP contribution in [0.3, 0.4) is 0 Å². The molecule has 0 saturated carbocycles. The van der Waals surface area contributed by atoms with Crippen molar-refractivity contribution >= 4 is 29.6 Å². The molecule has 6 nitrogen and oxygen atoms in total. The van der Waals surface area contributed by atoms with Gasteiger partial charge in [0, 0.05) is 11.1 Å². The Morgan fingerprint density at radius 2 is 1.71 bits per heavy atom. The molecular weight excluding hydrogens is 414 g/mol. The summed E-state index contributed by atoms with van der Waals surface area (Å²) in [5, 5.41) is 3.44. The molecule has 3 aromatic rings. The molecule has 0 unspecified atom stereocenters. The van der Waals surface area contributed by atoms with Crippen LogP contribution >= 0.6 is 11.6 Å². The fourth-order valence-electron chi connectivity index (χ4n) is 3.53. The van der Waals surface area contributed by atoms with Crippen LogP contribution in [-0.4, -0.2) is 35.9 Å². The van der Waals surface area contributed by atoms with Crippen molar-refractivity contribution in [2.45, 2.75) is 12.1 Å². The molecule has 3 aromatic carbocycles. The number of hydrogen-bond donors (Lipinski definition) is 2. The monoisotopic (exact) mass is 434 g/mol. The lowest BCUT2D eigenvalue weighted by atomic mass is 10.00. The standard InChI is InChI=1S/C24H20ClN3O3/c1-31-19-13-11-17(12-14-19)23(29)26-21-22(16-7-3-2-4-8-16)28(27-24(21)30)15-18-9-5-6-10-20(18)25/h2-15,21-22H,1H3,(H-,26,27,29,30)/p+1/b28-15-/t21-,22-/m1/s1. The number of rotatable bonds is 5. The van der Waals surface area contributed by atoms with Gasteiger partial charge >= 0.3 is 5.91 Å². The van der Waals surface area contributed by atoms with E-state index in [9.17, 15) is 9.59 Å². The summed E-state index contributed by atoms with van der Waals surface area (Å²) in [6, 6.07) is 22.4. The Balaban J connectivity index is 1.68. The van der Waals surface area contributed by atoms with E-state index in [1.54, 1.807) is 48.3 Å². The molecule has 1 aliphatic heterocycles. The van der Waals surface area contributed by atoms with Crippen molar-refractivity contribution in [1.29, 1.82) is 0 Å². The quantitative estimate of drug-likeness (QED) is 0.605. The molecule has 2 atom stereocenters. The van der Waals surface area contributed by atoms with Crippen LogP contribution in [0.25, 0.3) is 0 Å². The molecule has 1 saturated heterocycles. The number of nitrogens with zero attached hydrogens (tertiary/aromatic N) is 1. The molecule has 0 aromatic heterocycles. The van der Waals surface area contributed by atoms with Crippen LogP contribution in [0.1, 0.15) is 27.5 Å². The van der Waals surface area contributed by atoms with E-state index >= 15 is 0 Å². The summed E-state index contributed by atoms with van der Waals surface area (Å²) in [4.78, 5) is 25.7. The molecule has 1 aliphatic rings. The van der Waals surface area contributed by atoms with Gasteiger partial charge in [-0.2, -0.15) is 0 Å². The summed E-state index contributed by atoms with van der Waals surface area (Å²) in [6.07, 6.45) is 1.78. The number of carbonyl (C=O) groups is 2. The van der Waals surface area contributed by atoms with Crippen molar-refractivity contribution in [2.24, 2.45) is 0 Å². The Labute approximate surface area is 185 Å². The summed E-state index contributed by atoms with van der Waals surface area (Å²) in [5.74, 6) is 0.000169. The lowest BCUT2D eigenvalue weighted by Crippen LogP contribution is -2.42. The third-order valence-electron chi connectivity index (χ3n) is 5.10. The smallest absolute Gasteiger partial charge is 0.304 e. The van der Waals surface area contributed by atoms with Crippen LogP contribution in [0.2, 0.25) is 5.02 Å². The van der Waals surface area contributed by atoms with Crippen molar-refractivity contribution in [3.63, 3.8) is 0 Å². The van der Waals surface area contributed by atoms with Crippen molar-refractivity contribution in [3.05, 3.63) is 101 Å². The van der Waals surface area contributed by atoms with Crippen LogP contribution in [0.5, 0.6) is 5.75 Å². The topological polar surface area (TPSA) is 70.4 Å². The molecule has 2 amide bonds. The van der Waals surface area contributed by atoms with Gasteiger partial charge in [0.25, 0.3) is 5.91 Å². The second-order valence-corrected chi connectivity index (χ2v) is 7.48. The predicted octanol–water partition coefficient (Wildman–Crippen LogP) is 3.36. The van der Waals surface area contributed by atoms with Gasteiger partial charge < -0.3 is 10.1 Å². The zero-order chi connectivity index (χ0) is 21.8. The van der Waals surface area contributed by atoms with Crippen molar-refractivity contribution in [2.75, 3.05) is 7.11 Å². The number of halogens is 1. The number of ether oxygens (including phenoxy) is 1. The number of hydrazine groups is 1. The predicted molar refractivity (Wildman–Crippen MR) is 118 cm³/mol. The maximum Gasteiger partial charge on any atom is 0.304 e. The van der Waals surface area contributed by atoms with Crippen LogP contribution in [0, 0.1) is 0 Å².